The highest BCUT2D eigenvalue weighted by atomic mass is 79.9. The fraction of sp³-hybridized carbons (Fsp3) is 0.222. The second kappa shape index (κ2) is 4.75. The molecule has 84 valence electrons. The molecular formula is C9H8BrN3O2S. The molecule has 0 bridgehead atoms. The molecule has 7 heteroatoms. The Hall–Kier alpha value is -1.21. The van der Waals surface area contributed by atoms with Gasteiger partial charge >= 0.3 is 6.01 Å². The predicted molar refractivity (Wildman–Crippen MR) is 64.2 cm³/mol. The van der Waals surface area contributed by atoms with Crippen LogP contribution < -0.4 is 5.32 Å². The third-order valence-corrected chi connectivity index (χ3v) is 3.39. The van der Waals surface area contributed by atoms with E-state index in [1.165, 1.54) is 11.3 Å². The average molecular weight is 302 g/mol. The molecule has 0 aliphatic rings. The third kappa shape index (κ3) is 2.48. The zero-order valence-corrected chi connectivity index (χ0v) is 10.8. The van der Waals surface area contributed by atoms with Crippen molar-refractivity contribution in [3.8, 4) is 10.8 Å². The topological polar surface area (TPSA) is 68.0 Å². The van der Waals surface area contributed by atoms with Gasteiger partial charge in [0.15, 0.2) is 0 Å². The van der Waals surface area contributed by atoms with Crippen LogP contribution in [0, 0.1) is 0 Å². The molecule has 2 heterocycles. The fourth-order valence-electron chi connectivity index (χ4n) is 1.01. The summed E-state index contributed by atoms with van der Waals surface area (Å²) in [4.78, 5) is 11.9. The first-order valence-electron chi connectivity index (χ1n) is 4.58. The summed E-state index contributed by atoms with van der Waals surface area (Å²) in [6.07, 6.45) is 0.377. The van der Waals surface area contributed by atoms with Gasteiger partial charge in [-0.05, 0) is 28.1 Å². The summed E-state index contributed by atoms with van der Waals surface area (Å²) < 4.78 is 6.28. The van der Waals surface area contributed by atoms with Crippen molar-refractivity contribution in [1.82, 2.24) is 10.2 Å². The molecule has 0 aliphatic carbocycles. The number of anilines is 1. The van der Waals surface area contributed by atoms with Crippen LogP contribution in [0.1, 0.15) is 13.3 Å². The zero-order chi connectivity index (χ0) is 11.5. The Morgan fingerprint density at radius 2 is 2.38 bits per heavy atom. The van der Waals surface area contributed by atoms with E-state index in [9.17, 15) is 4.79 Å². The van der Waals surface area contributed by atoms with Crippen molar-refractivity contribution in [3.05, 3.63) is 15.9 Å². The highest BCUT2D eigenvalue weighted by Gasteiger charge is 2.11. The number of nitrogens with zero attached hydrogens (tertiary/aromatic N) is 2. The largest absolute Gasteiger partial charge is 0.402 e. The summed E-state index contributed by atoms with van der Waals surface area (Å²) in [7, 11) is 0. The minimum Gasteiger partial charge on any atom is -0.402 e. The summed E-state index contributed by atoms with van der Waals surface area (Å²) in [5.74, 6) is 0.254. The minimum absolute atomic E-state index is 0.131. The number of amides is 1. The standard InChI is InChI=1S/C9H8BrN3O2S/c1-2-7(14)11-9-13-12-8(15-9)5-3-4-6(10)16-5/h3-4H,2H2,1H3,(H,11,13,14). The average Bonchev–Trinajstić information content (AvgIpc) is 2.87. The van der Waals surface area contributed by atoms with E-state index in [-0.39, 0.29) is 11.9 Å². The molecule has 0 saturated heterocycles. The molecule has 0 saturated carbocycles. The van der Waals surface area contributed by atoms with Crippen LogP contribution in [0.2, 0.25) is 0 Å². The Morgan fingerprint density at radius 1 is 1.56 bits per heavy atom. The molecule has 0 aromatic carbocycles. The van der Waals surface area contributed by atoms with Gasteiger partial charge in [0.05, 0.1) is 8.66 Å². The molecule has 0 unspecified atom stereocenters. The number of aromatic nitrogens is 2. The molecule has 16 heavy (non-hydrogen) atoms. The van der Waals surface area contributed by atoms with Crippen molar-refractivity contribution in [2.45, 2.75) is 13.3 Å². The Balaban J connectivity index is 2.16. The van der Waals surface area contributed by atoms with Crippen molar-refractivity contribution in [3.63, 3.8) is 0 Å². The quantitative estimate of drug-likeness (QED) is 0.946. The lowest BCUT2D eigenvalue weighted by atomic mass is 10.5. The lowest BCUT2D eigenvalue weighted by Gasteiger charge is -1.93. The monoisotopic (exact) mass is 301 g/mol. The van der Waals surface area contributed by atoms with Gasteiger partial charge in [-0.25, -0.2) is 0 Å². The number of halogens is 1. The Bertz CT molecular complexity index is 508. The van der Waals surface area contributed by atoms with E-state index < -0.39 is 0 Å². The van der Waals surface area contributed by atoms with E-state index >= 15 is 0 Å². The second-order valence-corrected chi connectivity index (χ2v) is 5.38. The summed E-state index contributed by atoms with van der Waals surface area (Å²) in [6, 6.07) is 3.90. The number of hydrogen-bond acceptors (Lipinski definition) is 5. The zero-order valence-electron chi connectivity index (χ0n) is 8.36. The van der Waals surface area contributed by atoms with E-state index in [0.29, 0.717) is 12.3 Å². The van der Waals surface area contributed by atoms with Gasteiger partial charge in [-0.3, -0.25) is 10.1 Å². The smallest absolute Gasteiger partial charge is 0.322 e. The minimum atomic E-state index is -0.150. The van der Waals surface area contributed by atoms with E-state index in [4.69, 9.17) is 4.42 Å². The molecular weight excluding hydrogens is 294 g/mol. The van der Waals surface area contributed by atoms with Crippen LogP contribution in [0.4, 0.5) is 6.01 Å². The maximum atomic E-state index is 11.1. The van der Waals surface area contributed by atoms with E-state index in [1.54, 1.807) is 6.92 Å². The second-order valence-electron chi connectivity index (χ2n) is 2.92. The first kappa shape index (κ1) is 11.3. The maximum absolute atomic E-state index is 11.1. The highest BCUT2D eigenvalue weighted by molar-refractivity contribution is 9.11. The van der Waals surface area contributed by atoms with Gasteiger partial charge < -0.3 is 4.42 Å². The van der Waals surface area contributed by atoms with E-state index in [0.717, 1.165) is 8.66 Å². The van der Waals surface area contributed by atoms with Gasteiger partial charge in [0.25, 0.3) is 5.89 Å². The normalized spacial score (nSPS) is 10.4. The van der Waals surface area contributed by atoms with Crippen molar-refractivity contribution < 1.29 is 9.21 Å². The lowest BCUT2D eigenvalue weighted by Crippen LogP contribution is -2.09. The molecule has 0 spiro atoms. The van der Waals surface area contributed by atoms with Crippen molar-refractivity contribution in [2.24, 2.45) is 0 Å². The summed E-state index contributed by atoms with van der Waals surface area (Å²) >= 11 is 4.83. The van der Waals surface area contributed by atoms with Crippen molar-refractivity contribution in [1.29, 1.82) is 0 Å². The van der Waals surface area contributed by atoms with Crippen LogP contribution in [0.15, 0.2) is 20.3 Å². The molecule has 1 N–H and O–H groups in total. The van der Waals surface area contributed by atoms with Crippen LogP contribution in [0.5, 0.6) is 0 Å². The molecule has 0 radical (unpaired) electrons. The van der Waals surface area contributed by atoms with Gasteiger partial charge in [0.2, 0.25) is 5.91 Å². The van der Waals surface area contributed by atoms with Crippen LogP contribution in [0.3, 0.4) is 0 Å². The van der Waals surface area contributed by atoms with E-state index in [1.807, 2.05) is 12.1 Å². The number of nitrogens with one attached hydrogen (secondary N) is 1. The lowest BCUT2D eigenvalue weighted by molar-refractivity contribution is -0.116. The van der Waals surface area contributed by atoms with E-state index in [2.05, 4.69) is 31.4 Å². The SMILES string of the molecule is CCC(=O)Nc1nnc(-c2ccc(Br)s2)o1. The van der Waals surface area contributed by atoms with Gasteiger partial charge in [-0.2, -0.15) is 0 Å². The van der Waals surface area contributed by atoms with Crippen LogP contribution in [0.25, 0.3) is 10.8 Å². The molecule has 0 fully saturated rings. The molecule has 2 aromatic rings. The number of carbonyl (C=O) groups excluding carboxylic acids is 1. The summed E-state index contributed by atoms with van der Waals surface area (Å²) in [6.45, 7) is 1.75. The Kier molecular flexibility index (Phi) is 3.35. The van der Waals surface area contributed by atoms with Gasteiger partial charge in [-0.15, -0.1) is 16.4 Å². The van der Waals surface area contributed by atoms with Crippen molar-refractivity contribution in [2.75, 3.05) is 5.32 Å². The summed E-state index contributed by atoms with van der Waals surface area (Å²) in [5, 5.41) is 10.1. The first-order valence-corrected chi connectivity index (χ1v) is 6.19. The molecule has 2 rings (SSSR count). The molecule has 1 amide bonds. The number of rotatable bonds is 3. The van der Waals surface area contributed by atoms with Gasteiger partial charge in [0, 0.05) is 6.42 Å². The first-order chi connectivity index (χ1) is 7.69. The number of thiophene rings is 1. The third-order valence-electron chi connectivity index (χ3n) is 1.78. The van der Waals surface area contributed by atoms with Gasteiger partial charge in [0.1, 0.15) is 0 Å². The Morgan fingerprint density at radius 3 is 3.00 bits per heavy atom. The van der Waals surface area contributed by atoms with Crippen LogP contribution in [-0.4, -0.2) is 16.1 Å². The van der Waals surface area contributed by atoms with Crippen LogP contribution >= 0.6 is 27.3 Å². The number of hydrogen-bond donors (Lipinski definition) is 1. The predicted octanol–water partition coefficient (Wildman–Crippen LogP) is 2.91. The van der Waals surface area contributed by atoms with Gasteiger partial charge in [-0.1, -0.05) is 12.0 Å². The molecule has 5 nitrogen and oxygen atoms in total. The fourth-order valence-corrected chi connectivity index (χ4v) is 2.32. The molecule has 0 atom stereocenters. The van der Waals surface area contributed by atoms with Crippen LogP contribution in [-0.2, 0) is 4.79 Å². The number of carbonyl (C=O) groups is 1. The maximum Gasteiger partial charge on any atom is 0.322 e. The Labute approximate surface area is 104 Å². The van der Waals surface area contributed by atoms with Crippen molar-refractivity contribution >= 4 is 39.2 Å². The summed E-state index contributed by atoms with van der Waals surface area (Å²) in [5.41, 5.74) is 0. The molecule has 2 aromatic heterocycles. The highest BCUT2D eigenvalue weighted by Crippen LogP contribution is 2.30. The molecule has 0 aliphatic heterocycles.